The van der Waals surface area contributed by atoms with E-state index in [2.05, 4.69) is 38.6 Å². The van der Waals surface area contributed by atoms with Crippen LogP contribution in [0.3, 0.4) is 0 Å². The molecule has 2 saturated carbocycles. The molecule has 0 aromatic carbocycles. The Bertz CT molecular complexity index is 837. The van der Waals surface area contributed by atoms with Crippen LogP contribution in [0.5, 0.6) is 0 Å². The molecule has 0 bridgehead atoms. The first kappa shape index (κ1) is 20.6. The predicted octanol–water partition coefficient (Wildman–Crippen LogP) is 6.31. The third kappa shape index (κ3) is 2.60. The second-order valence-electron chi connectivity index (χ2n) is 10.5. The van der Waals surface area contributed by atoms with Gasteiger partial charge in [0.05, 0.1) is 6.57 Å². The Hall–Kier alpha value is -1.69. The van der Waals surface area contributed by atoms with E-state index in [1.807, 2.05) is 6.08 Å². The third-order valence-electron chi connectivity index (χ3n) is 9.18. The van der Waals surface area contributed by atoms with Gasteiger partial charge >= 0.3 is 0 Å². The maximum atomic E-state index is 13.5. The molecular weight excluding hydrogens is 358 g/mol. The van der Waals surface area contributed by atoms with Gasteiger partial charge in [-0.3, -0.25) is 4.79 Å². The first-order valence-electron chi connectivity index (χ1n) is 11.7. The van der Waals surface area contributed by atoms with E-state index in [4.69, 9.17) is 6.57 Å². The molecule has 3 nitrogen and oxygen atoms in total. The summed E-state index contributed by atoms with van der Waals surface area (Å²) < 4.78 is 0. The van der Waals surface area contributed by atoms with E-state index in [9.17, 15) is 9.59 Å². The minimum absolute atomic E-state index is 0.0649. The van der Waals surface area contributed by atoms with Crippen LogP contribution in [-0.2, 0) is 9.59 Å². The molecule has 2 fully saturated rings. The molecule has 0 saturated heterocycles. The summed E-state index contributed by atoms with van der Waals surface area (Å²) in [5, 5.41) is 0. The highest BCUT2D eigenvalue weighted by Gasteiger charge is 2.61. The molecule has 4 rings (SSSR count). The lowest BCUT2D eigenvalue weighted by atomic mass is 9.45. The summed E-state index contributed by atoms with van der Waals surface area (Å²) in [6.07, 6.45) is 12.7. The summed E-state index contributed by atoms with van der Waals surface area (Å²) >= 11 is 0. The molecule has 3 heteroatoms. The second-order valence-corrected chi connectivity index (χ2v) is 10.5. The van der Waals surface area contributed by atoms with Gasteiger partial charge < -0.3 is 4.79 Å². The van der Waals surface area contributed by atoms with Gasteiger partial charge in [-0.15, -0.1) is 0 Å². The first-order chi connectivity index (χ1) is 13.8. The molecule has 0 aromatic heterocycles. The summed E-state index contributed by atoms with van der Waals surface area (Å²) in [5.74, 6) is 1.91. The van der Waals surface area contributed by atoms with Crippen molar-refractivity contribution in [2.45, 2.75) is 85.5 Å². The van der Waals surface area contributed by atoms with Gasteiger partial charge in [-0.05, 0) is 56.3 Å². The Morgan fingerprint density at radius 2 is 1.79 bits per heavy atom. The monoisotopic (exact) mass is 393 g/mol. The average Bonchev–Trinajstić information content (AvgIpc) is 3.00. The number of fused-ring (bicyclic) bond motifs is 5. The molecule has 2 unspecified atom stereocenters. The summed E-state index contributed by atoms with van der Waals surface area (Å²) in [6.45, 7) is 16.5. The number of Topliss-reactive ketones (excluding diaryl/α,β-unsaturated/α-hetero) is 2. The molecule has 0 N–H and O–H groups in total. The van der Waals surface area contributed by atoms with Crippen molar-refractivity contribution < 1.29 is 9.59 Å². The quantitative estimate of drug-likeness (QED) is 0.415. The molecule has 156 valence electrons. The normalized spacial score (nSPS) is 40.3. The van der Waals surface area contributed by atoms with Crippen molar-refractivity contribution in [3.8, 4) is 0 Å². The van der Waals surface area contributed by atoms with Crippen molar-refractivity contribution in [1.82, 2.24) is 0 Å². The molecule has 4 aliphatic carbocycles. The van der Waals surface area contributed by atoms with E-state index in [0.717, 1.165) is 57.8 Å². The van der Waals surface area contributed by atoms with E-state index in [0.29, 0.717) is 29.2 Å². The maximum Gasteiger partial charge on any atom is 0.227 e. The van der Waals surface area contributed by atoms with Crippen LogP contribution in [0.2, 0.25) is 0 Å². The van der Waals surface area contributed by atoms with Crippen molar-refractivity contribution >= 4 is 11.6 Å². The standard InChI is InChI=1S/C26H35NO2/c1-6-13-26(14-7-2)21-10-8-17-18-9-11-22(28)24(18,3)15-12-19(17)25(21,4)16-20(27-5)23(26)29/h10,16-19H,6-9,11-15H2,1-4H3/t17-,18?,19?,24-,25+/m0/s1. The smallest absolute Gasteiger partial charge is 0.227 e. The van der Waals surface area contributed by atoms with Crippen molar-refractivity contribution in [2.75, 3.05) is 0 Å². The highest BCUT2D eigenvalue weighted by Crippen LogP contribution is 2.66. The van der Waals surface area contributed by atoms with Gasteiger partial charge in [-0.1, -0.05) is 58.3 Å². The van der Waals surface area contributed by atoms with Crippen LogP contribution in [0.1, 0.15) is 85.5 Å². The zero-order chi connectivity index (χ0) is 21.0. The largest absolute Gasteiger partial charge is 0.307 e. The zero-order valence-electron chi connectivity index (χ0n) is 18.5. The van der Waals surface area contributed by atoms with Gasteiger partial charge in [0, 0.05) is 22.7 Å². The second kappa shape index (κ2) is 6.93. The van der Waals surface area contributed by atoms with Crippen LogP contribution in [0.25, 0.3) is 4.85 Å². The molecule has 5 atom stereocenters. The van der Waals surface area contributed by atoms with Crippen molar-refractivity contribution in [1.29, 1.82) is 0 Å². The topological polar surface area (TPSA) is 38.5 Å². The molecule has 0 heterocycles. The highest BCUT2D eigenvalue weighted by molar-refractivity contribution is 6.05. The third-order valence-corrected chi connectivity index (χ3v) is 9.18. The molecule has 0 aliphatic heterocycles. The van der Waals surface area contributed by atoms with E-state index in [-0.39, 0.29) is 16.6 Å². The fourth-order valence-corrected chi connectivity index (χ4v) is 7.98. The molecular formula is C26H35NO2. The Kier molecular flexibility index (Phi) is 4.92. The van der Waals surface area contributed by atoms with Crippen LogP contribution in [0.4, 0.5) is 0 Å². The molecule has 0 radical (unpaired) electrons. The van der Waals surface area contributed by atoms with E-state index in [1.54, 1.807) is 0 Å². The van der Waals surface area contributed by atoms with Gasteiger partial charge in [-0.25, -0.2) is 4.85 Å². The fourth-order valence-electron chi connectivity index (χ4n) is 7.98. The Morgan fingerprint density at radius 3 is 2.41 bits per heavy atom. The van der Waals surface area contributed by atoms with E-state index in [1.165, 1.54) is 5.57 Å². The summed E-state index contributed by atoms with van der Waals surface area (Å²) in [5.41, 5.74) is 0.796. The van der Waals surface area contributed by atoms with Crippen LogP contribution in [-0.4, -0.2) is 11.6 Å². The average molecular weight is 394 g/mol. The summed E-state index contributed by atoms with van der Waals surface area (Å²) in [4.78, 5) is 29.9. The Balaban J connectivity index is 1.86. The van der Waals surface area contributed by atoms with Crippen LogP contribution in [0, 0.1) is 40.6 Å². The molecule has 0 spiro atoms. The maximum absolute atomic E-state index is 13.5. The molecule has 4 aliphatic rings. The number of rotatable bonds is 4. The van der Waals surface area contributed by atoms with Gasteiger partial charge in [0.15, 0.2) is 5.78 Å². The molecule has 29 heavy (non-hydrogen) atoms. The fraction of sp³-hybridized carbons (Fsp3) is 0.731. The highest BCUT2D eigenvalue weighted by atomic mass is 16.1. The van der Waals surface area contributed by atoms with Crippen molar-refractivity contribution in [3.63, 3.8) is 0 Å². The van der Waals surface area contributed by atoms with Gasteiger partial charge in [0.2, 0.25) is 5.70 Å². The Morgan fingerprint density at radius 1 is 1.10 bits per heavy atom. The van der Waals surface area contributed by atoms with Gasteiger partial charge in [-0.2, -0.15) is 0 Å². The lowest BCUT2D eigenvalue weighted by molar-refractivity contribution is -0.131. The minimum atomic E-state index is -0.496. The summed E-state index contributed by atoms with van der Waals surface area (Å²) in [6, 6.07) is 0. The Labute approximate surface area is 175 Å². The number of hydrogen-bond donors (Lipinski definition) is 0. The first-order valence-corrected chi connectivity index (χ1v) is 11.7. The number of carbonyl (C=O) groups is 2. The number of hydrogen-bond acceptors (Lipinski definition) is 2. The van der Waals surface area contributed by atoms with Gasteiger partial charge in [0.25, 0.3) is 0 Å². The number of allylic oxidation sites excluding steroid dienone is 4. The van der Waals surface area contributed by atoms with Gasteiger partial charge in [0.1, 0.15) is 5.78 Å². The van der Waals surface area contributed by atoms with Crippen LogP contribution in [0.15, 0.2) is 23.4 Å². The summed E-state index contributed by atoms with van der Waals surface area (Å²) in [7, 11) is 0. The zero-order valence-corrected chi connectivity index (χ0v) is 18.5. The van der Waals surface area contributed by atoms with Crippen molar-refractivity contribution in [3.05, 3.63) is 34.8 Å². The van der Waals surface area contributed by atoms with Crippen LogP contribution >= 0.6 is 0 Å². The van der Waals surface area contributed by atoms with Crippen molar-refractivity contribution in [2.24, 2.45) is 34.0 Å². The SMILES string of the molecule is [C-]#[N+]C1=C[C@@]2(C)C(=CC[C@@H]3C2CC[C@]2(C)C(=O)CCC32)C(CCC)(CCC)C1=O. The molecule has 0 amide bonds. The predicted molar refractivity (Wildman–Crippen MR) is 115 cm³/mol. The lowest BCUT2D eigenvalue weighted by Crippen LogP contribution is -2.54. The number of ketones is 2. The van der Waals surface area contributed by atoms with E-state index < -0.39 is 5.41 Å². The molecule has 0 aromatic rings. The minimum Gasteiger partial charge on any atom is -0.307 e. The lowest BCUT2D eigenvalue weighted by Gasteiger charge is -2.58. The number of carbonyl (C=O) groups excluding carboxylic acids is 2. The number of nitrogens with zero attached hydrogens (tertiary/aromatic N) is 1. The van der Waals surface area contributed by atoms with E-state index >= 15 is 0 Å². The van der Waals surface area contributed by atoms with Crippen LogP contribution < -0.4 is 0 Å².